The fourth-order valence-corrected chi connectivity index (χ4v) is 8.72. The van der Waals surface area contributed by atoms with Crippen LogP contribution in [0.2, 0.25) is 5.02 Å². The molecule has 0 radical (unpaired) electrons. The Morgan fingerprint density at radius 3 is 1.41 bits per heavy atom. The van der Waals surface area contributed by atoms with Gasteiger partial charge in [0.05, 0.1) is 0 Å². The second kappa shape index (κ2) is 11.4. The topological polar surface area (TPSA) is 35.4 Å². The number of nitrogens with zero attached hydrogens (tertiary/aromatic N) is 1. The lowest BCUT2D eigenvalue weighted by molar-refractivity contribution is -0.212. The molecule has 4 heteroatoms. The summed E-state index contributed by atoms with van der Waals surface area (Å²) in [5.74, 6) is -0.270. The molecule has 0 aliphatic rings. The van der Waals surface area contributed by atoms with Crippen LogP contribution in [0.5, 0.6) is 0 Å². The molecule has 0 aliphatic carbocycles. The molecule has 5 aromatic rings. The van der Waals surface area contributed by atoms with Gasteiger partial charge in [-0.15, -0.1) is 0 Å². The third-order valence-electron chi connectivity index (χ3n) is 6.18. The SMILES string of the molecule is [O-]C(=NC(=Cc1ccc(Cl)cc1)[P+](c1ccccc1)(c1ccccc1)c1ccccc1)c1ccccc1. The van der Waals surface area contributed by atoms with Crippen LogP contribution in [0.25, 0.3) is 6.08 Å². The lowest BCUT2D eigenvalue weighted by Gasteiger charge is -2.28. The van der Waals surface area contributed by atoms with Gasteiger partial charge >= 0.3 is 0 Å². The Bertz CT molecular complexity index is 1400. The molecule has 0 aliphatic heterocycles. The van der Waals surface area contributed by atoms with Crippen molar-refractivity contribution in [1.29, 1.82) is 0 Å². The van der Waals surface area contributed by atoms with Crippen molar-refractivity contribution in [2.45, 2.75) is 0 Å². The molecule has 0 spiro atoms. The van der Waals surface area contributed by atoms with Gasteiger partial charge in [-0.05, 0) is 65.6 Å². The highest BCUT2D eigenvalue weighted by atomic mass is 35.5. The molecule has 0 amide bonds. The van der Waals surface area contributed by atoms with E-state index < -0.39 is 7.26 Å². The summed E-state index contributed by atoms with van der Waals surface area (Å²) in [5.41, 5.74) is 2.21. The Labute approximate surface area is 223 Å². The van der Waals surface area contributed by atoms with E-state index in [9.17, 15) is 5.11 Å². The quantitative estimate of drug-likeness (QED) is 0.139. The van der Waals surface area contributed by atoms with Gasteiger partial charge in [0.25, 0.3) is 0 Å². The molecule has 5 rings (SSSR count). The van der Waals surface area contributed by atoms with E-state index in [1.807, 2.05) is 66.7 Å². The molecule has 0 aromatic heterocycles. The van der Waals surface area contributed by atoms with Gasteiger partial charge < -0.3 is 5.11 Å². The Morgan fingerprint density at radius 2 is 0.973 bits per heavy atom. The maximum atomic E-state index is 13.6. The van der Waals surface area contributed by atoms with Crippen LogP contribution >= 0.6 is 18.9 Å². The number of aliphatic imine (C=N–C) groups is 1. The van der Waals surface area contributed by atoms with Crippen LogP contribution in [0, 0.1) is 0 Å². The summed E-state index contributed by atoms with van der Waals surface area (Å²) in [6.07, 6.45) is 2.04. The third-order valence-corrected chi connectivity index (χ3v) is 10.6. The molecule has 0 bridgehead atoms. The highest BCUT2D eigenvalue weighted by molar-refractivity contribution is 7.99. The molecule has 0 fully saturated rings. The zero-order chi connectivity index (χ0) is 25.5. The van der Waals surface area contributed by atoms with Crippen LogP contribution in [0.4, 0.5) is 0 Å². The largest absolute Gasteiger partial charge is 0.858 e. The Kier molecular flexibility index (Phi) is 7.61. The van der Waals surface area contributed by atoms with Gasteiger partial charge in [-0.1, -0.05) is 109 Å². The van der Waals surface area contributed by atoms with Crippen molar-refractivity contribution in [2.24, 2.45) is 4.99 Å². The first-order chi connectivity index (χ1) is 18.2. The number of benzene rings is 5. The van der Waals surface area contributed by atoms with E-state index >= 15 is 0 Å². The normalized spacial score (nSPS) is 12.4. The molecule has 0 saturated carbocycles. The van der Waals surface area contributed by atoms with E-state index in [0.717, 1.165) is 26.9 Å². The Morgan fingerprint density at radius 1 is 0.568 bits per heavy atom. The van der Waals surface area contributed by atoms with E-state index in [4.69, 9.17) is 16.6 Å². The van der Waals surface area contributed by atoms with Gasteiger partial charge in [0.2, 0.25) is 0 Å². The minimum atomic E-state index is -2.57. The third kappa shape index (κ3) is 5.27. The summed E-state index contributed by atoms with van der Waals surface area (Å²) in [4.78, 5) is 4.90. The zero-order valence-corrected chi connectivity index (χ0v) is 21.8. The second-order valence-corrected chi connectivity index (χ2v) is 12.3. The van der Waals surface area contributed by atoms with Crippen molar-refractivity contribution in [2.75, 3.05) is 0 Å². The first kappa shape index (κ1) is 24.7. The molecule has 0 saturated heterocycles. The van der Waals surface area contributed by atoms with E-state index in [0.29, 0.717) is 10.6 Å². The van der Waals surface area contributed by atoms with Crippen LogP contribution < -0.4 is 21.0 Å². The van der Waals surface area contributed by atoms with Crippen molar-refractivity contribution in [1.82, 2.24) is 0 Å². The second-order valence-electron chi connectivity index (χ2n) is 8.51. The fourth-order valence-electron chi connectivity index (χ4n) is 4.46. The van der Waals surface area contributed by atoms with Crippen LogP contribution in [0.3, 0.4) is 0 Å². The molecule has 5 aromatic carbocycles. The molecule has 0 N–H and O–H groups in total. The van der Waals surface area contributed by atoms with Crippen molar-refractivity contribution >= 4 is 46.8 Å². The summed E-state index contributed by atoms with van der Waals surface area (Å²) >= 11 is 6.20. The molecule has 0 atom stereocenters. The van der Waals surface area contributed by atoms with Gasteiger partial charge in [0.1, 0.15) is 15.9 Å². The lowest BCUT2D eigenvalue weighted by atomic mass is 10.2. The number of halogens is 1. The van der Waals surface area contributed by atoms with Crippen molar-refractivity contribution in [3.8, 4) is 0 Å². The van der Waals surface area contributed by atoms with Gasteiger partial charge in [-0.2, -0.15) is 0 Å². The van der Waals surface area contributed by atoms with Gasteiger partial charge in [-0.25, -0.2) is 4.99 Å². The van der Waals surface area contributed by atoms with Gasteiger partial charge in [0, 0.05) is 11.1 Å². The van der Waals surface area contributed by atoms with Crippen molar-refractivity contribution in [3.63, 3.8) is 0 Å². The Balaban J connectivity index is 1.89. The summed E-state index contributed by atoms with van der Waals surface area (Å²) in [6.45, 7) is 0. The number of hydrogen-bond donors (Lipinski definition) is 0. The molecule has 0 unspecified atom stereocenters. The van der Waals surface area contributed by atoms with Crippen LogP contribution in [0.1, 0.15) is 11.1 Å². The summed E-state index contributed by atoms with van der Waals surface area (Å²) in [7, 11) is -2.57. The maximum absolute atomic E-state index is 13.6. The summed E-state index contributed by atoms with van der Waals surface area (Å²) < 4.78 is 0. The first-order valence-corrected chi connectivity index (χ1v) is 14.2. The molecule has 180 valence electrons. The maximum Gasteiger partial charge on any atom is 0.198 e. The smallest absolute Gasteiger partial charge is 0.198 e. The molecular weight excluding hydrogens is 493 g/mol. The molecule has 37 heavy (non-hydrogen) atoms. The van der Waals surface area contributed by atoms with E-state index in [2.05, 4.69) is 72.8 Å². The van der Waals surface area contributed by atoms with Crippen LogP contribution in [-0.2, 0) is 0 Å². The highest BCUT2D eigenvalue weighted by Crippen LogP contribution is 2.63. The predicted octanol–water partition coefficient (Wildman–Crippen LogP) is 6.44. The van der Waals surface area contributed by atoms with Crippen LogP contribution in [0.15, 0.2) is 156 Å². The van der Waals surface area contributed by atoms with Gasteiger partial charge in [0.15, 0.2) is 12.7 Å². The molecule has 2 nitrogen and oxygen atoms in total. The van der Waals surface area contributed by atoms with E-state index in [1.165, 1.54) is 0 Å². The van der Waals surface area contributed by atoms with E-state index in [1.54, 1.807) is 12.1 Å². The predicted molar refractivity (Wildman–Crippen MR) is 158 cm³/mol. The number of rotatable bonds is 7. The summed E-state index contributed by atoms with van der Waals surface area (Å²) in [5, 5.41) is 17.7. The monoisotopic (exact) mass is 517 g/mol. The Hall–Kier alpha value is -3.97. The minimum absolute atomic E-state index is 0.270. The van der Waals surface area contributed by atoms with Crippen molar-refractivity contribution < 1.29 is 5.11 Å². The van der Waals surface area contributed by atoms with Crippen molar-refractivity contribution in [3.05, 3.63) is 167 Å². The fraction of sp³-hybridized carbons (Fsp3) is 0. The molecular formula is C33H25ClNOP. The summed E-state index contributed by atoms with van der Waals surface area (Å²) in [6, 6.07) is 48.1. The lowest BCUT2D eigenvalue weighted by Crippen LogP contribution is -2.33. The van der Waals surface area contributed by atoms with Crippen LogP contribution in [-0.4, -0.2) is 5.90 Å². The minimum Gasteiger partial charge on any atom is -0.858 e. The first-order valence-electron chi connectivity index (χ1n) is 12.0. The highest BCUT2D eigenvalue weighted by Gasteiger charge is 2.50. The number of hydrogen-bond acceptors (Lipinski definition) is 2. The van der Waals surface area contributed by atoms with Gasteiger partial charge in [-0.3, -0.25) is 0 Å². The standard InChI is InChI=1S/C33H25ClNOP/c34-28-23-21-26(22-24-28)25-32(35-33(36)27-13-5-1-6-14-27)37(29-15-7-2-8-16-29,30-17-9-3-10-18-30)31-19-11-4-12-20-31/h1-25H. The molecule has 0 heterocycles. The zero-order valence-electron chi connectivity index (χ0n) is 20.1. The van der Waals surface area contributed by atoms with E-state index in [-0.39, 0.29) is 5.90 Å². The average molecular weight is 518 g/mol. The average Bonchev–Trinajstić information content (AvgIpc) is 2.97.